The van der Waals surface area contributed by atoms with Crippen molar-refractivity contribution in [2.24, 2.45) is 0 Å². The summed E-state index contributed by atoms with van der Waals surface area (Å²) in [5.74, 6) is -0.0694. The average Bonchev–Trinajstić information content (AvgIpc) is 2.38. The third-order valence-electron chi connectivity index (χ3n) is 1.07. The van der Waals surface area contributed by atoms with Gasteiger partial charge in [-0.25, -0.2) is 4.98 Å². The molecule has 3 heteroatoms. The molecule has 3 nitrogen and oxygen atoms in total. The Labute approximate surface area is 59.0 Å². The molecule has 1 rings (SSSR count). The Balaban J connectivity index is 2.78. The van der Waals surface area contributed by atoms with E-state index in [4.69, 9.17) is 0 Å². The molecule has 0 aromatic carbocycles. The minimum absolute atomic E-state index is 0.0694. The molecule has 0 N–H and O–H groups in total. The quantitative estimate of drug-likeness (QED) is 0.542. The molecule has 10 heavy (non-hydrogen) atoms. The van der Waals surface area contributed by atoms with Crippen molar-refractivity contribution in [2.45, 2.75) is 6.92 Å². The van der Waals surface area contributed by atoms with Gasteiger partial charge in [-0.2, -0.15) is 0 Å². The number of allylic oxidation sites excluding steroid dienone is 2. The standard InChI is InChI=1S/C7H8N2O/c1-2-3-7(10)9-5-4-8-6-9/h2-6H,1H3/b3-2-. The molecule has 0 atom stereocenters. The summed E-state index contributed by atoms with van der Waals surface area (Å²) in [4.78, 5) is 14.7. The van der Waals surface area contributed by atoms with E-state index in [1.54, 1.807) is 25.4 Å². The molecule has 0 saturated carbocycles. The van der Waals surface area contributed by atoms with Crippen molar-refractivity contribution in [2.75, 3.05) is 0 Å². The Bertz CT molecular complexity index is 236. The van der Waals surface area contributed by atoms with Gasteiger partial charge in [0.25, 0.3) is 5.91 Å². The van der Waals surface area contributed by atoms with Crippen LogP contribution in [-0.2, 0) is 0 Å². The molecule has 52 valence electrons. The lowest BCUT2D eigenvalue weighted by Gasteiger charge is -1.90. The topological polar surface area (TPSA) is 34.9 Å². The highest BCUT2D eigenvalue weighted by atomic mass is 16.1. The van der Waals surface area contributed by atoms with Gasteiger partial charge >= 0.3 is 0 Å². The summed E-state index contributed by atoms with van der Waals surface area (Å²) in [5.41, 5.74) is 0. The van der Waals surface area contributed by atoms with Crippen LogP contribution in [0.4, 0.5) is 0 Å². The molecule has 0 saturated heterocycles. The van der Waals surface area contributed by atoms with E-state index in [9.17, 15) is 4.79 Å². The van der Waals surface area contributed by atoms with Gasteiger partial charge in [0.1, 0.15) is 6.33 Å². The highest BCUT2D eigenvalue weighted by Crippen LogP contribution is 1.86. The minimum atomic E-state index is -0.0694. The van der Waals surface area contributed by atoms with Crippen molar-refractivity contribution < 1.29 is 4.79 Å². The molecule has 0 radical (unpaired) electrons. The van der Waals surface area contributed by atoms with Gasteiger partial charge in [-0.3, -0.25) is 9.36 Å². The van der Waals surface area contributed by atoms with Crippen molar-refractivity contribution in [3.63, 3.8) is 0 Å². The van der Waals surface area contributed by atoms with Crippen LogP contribution in [0.5, 0.6) is 0 Å². The molecule has 0 amide bonds. The number of nitrogens with zero attached hydrogens (tertiary/aromatic N) is 2. The second-order valence-corrected chi connectivity index (χ2v) is 1.81. The van der Waals surface area contributed by atoms with E-state index in [1.807, 2.05) is 0 Å². The second-order valence-electron chi connectivity index (χ2n) is 1.81. The monoisotopic (exact) mass is 136 g/mol. The normalized spacial score (nSPS) is 10.5. The number of rotatable bonds is 1. The fourth-order valence-corrected chi connectivity index (χ4v) is 0.618. The lowest BCUT2D eigenvalue weighted by molar-refractivity contribution is 0.0968. The van der Waals surface area contributed by atoms with Crippen LogP contribution in [0.15, 0.2) is 30.9 Å². The van der Waals surface area contributed by atoms with Crippen molar-refractivity contribution in [1.29, 1.82) is 0 Å². The number of carbonyl (C=O) groups excluding carboxylic acids is 1. The Morgan fingerprint density at radius 2 is 2.50 bits per heavy atom. The van der Waals surface area contributed by atoms with E-state index in [1.165, 1.54) is 17.0 Å². The van der Waals surface area contributed by atoms with E-state index >= 15 is 0 Å². The van der Waals surface area contributed by atoms with Gasteiger partial charge in [0.05, 0.1) is 0 Å². The van der Waals surface area contributed by atoms with Gasteiger partial charge in [0, 0.05) is 12.4 Å². The number of carbonyl (C=O) groups is 1. The average molecular weight is 136 g/mol. The maximum atomic E-state index is 10.9. The van der Waals surface area contributed by atoms with E-state index in [0.29, 0.717) is 0 Å². The summed E-state index contributed by atoms with van der Waals surface area (Å²) >= 11 is 0. The molecule has 1 heterocycles. The lowest BCUT2D eigenvalue weighted by Crippen LogP contribution is -2.03. The highest BCUT2D eigenvalue weighted by molar-refractivity contribution is 5.89. The molecule has 1 aromatic heterocycles. The summed E-state index contributed by atoms with van der Waals surface area (Å²) in [7, 11) is 0. The summed E-state index contributed by atoms with van der Waals surface area (Å²) in [5, 5.41) is 0. The van der Waals surface area contributed by atoms with Gasteiger partial charge in [0.15, 0.2) is 0 Å². The molecular formula is C7H8N2O. The molecule has 0 aliphatic rings. The first-order valence-electron chi connectivity index (χ1n) is 2.99. The van der Waals surface area contributed by atoms with Crippen molar-refractivity contribution in [3.8, 4) is 0 Å². The SMILES string of the molecule is C/C=C\C(=O)n1ccnc1. The largest absolute Gasteiger partial charge is 0.273 e. The molecular weight excluding hydrogens is 128 g/mol. The van der Waals surface area contributed by atoms with Crippen LogP contribution < -0.4 is 0 Å². The van der Waals surface area contributed by atoms with Crippen molar-refractivity contribution in [1.82, 2.24) is 9.55 Å². The van der Waals surface area contributed by atoms with Gasteiger partial charge in [0.2, 0.25) is 0 Å². The zero-order valence-electron chi connectivity index (χ0n) is 5.69. The predicted octanol–water partition coefficient (Wildman–Crippen LogP) is 1.10. The van der Waals surface area contributed by atoms with Gasteiger partial charge in [-0.1, -0.05) is 6.08 Å². The summed E-state index contributed by atoms with van der Waals surface area (Å²) in [6, 6.07) is 0. The maximum absolute atomic E-state index is 10.9. The van der Waals surface area contributed by atoms with Gasteiger partial charge < -0.3 is 0 Å². The molecule has 0 aliphatic heterocycles. The zero-order valence-corrected chi connectivity index (χ0v) is 5.69. The van der Waals surface area contributed by atoms with Crippen LogP contribution in [0.25, 0.3) is 0 Å². The summed E-state index contributed by atoms with van der Waals surface area (Å²) < 4.78 is 1.42. The summed E-state index contributed by atoms with van der Waals surface area (Å²) in [6.45, 7) is 1.80. The van der Waals surface area contributed by atoms with Crippen molar-refractivity contribution >= 4 is 5.91 Å². The van der Waals surface area contributed by atoms with Crippen LogP contribution in [0.1, 0.15) is 11.7 Å². The summed E-state index contributed by atoms with van der Waals surface area (Å²) in [6.07, 6.45) is 7.84. The second kappa shape index (κ2) is 2.96. The van der Waals surface area contributed by atoms with Crippen LogP contribution in [0.2, 0.25) is 0 Å². The third kappa shape index (κ3) is 1.31. The lowest BCUT2D eigenvalue weighted by atomic mass is 10.5. The maximum Gasteiger partial charge on any atom is 0.255 e. The van der Waals surface area contributed by atoms with E-state index in [0.717, 1.165) is 0 Å². The smallest absolute Gasteiger partial charge is 0.255 e. The molecule has 0 fully saturated rings. The first kappa shape index (κ1) is 6.74. The Morgan fingerprint density at radius 3 is 3.00 bits per heavy atom. The zero-order chi connectivity index (χ0) is 7.40. The predicted molar refractivity (Wildman–Crippen MR) is 37.7 cm³/mol. The number of aromatic nitrogens is 2. The number of hydrogen-bond acceptors (Lipinski definition) is 2. The van der Waals surface area contributed by atoms with Gasteiger partial charge in [-0.05, 0) is 13.0 Å². The molecule has 0 spiro atoms. The molecule has 1 aromatic rings. The molecule has 0 aliphatic carbocycles. The third-order valence-corrected chi connectivity index (χ3v) is 1.07. The first-order chi connectivity index (χ1) is 4.84. The fourth-order valence-electron chi connectivity index (χ4n) is 0.618. The van der Waals surface area contributed by atoms with Crippen LogP contribution >= 0.6 is 0 Å². The van der Waals surface area contributed by atoms with Crippen LogP contribution in [0, 0.1) is 0 Å². The highest BCUT2D eigenvalue weighted by Gasteiger charge is 1.94. The van der Waals surface area contributed by atoms with E-state index in [2.05, 4.69) is 4.98 Å². The Hall–Kier alpha value is -1.38. The molecule has 0 bridgehead atoms. The minimum Gasteiger partial charge on any atom is -0.273 e. The van der Waals surface area contributed by atoms with Gasteiger partial charge in [-0.15, -0.1) is 0 Å². The van der Waals surface area contributed by atoms with E-state index < -0.39 is 0 Å². The van der Waals surface area contributed by atoms with Crippen LogP contribution in [0.3, 0.4) is 0 Å². The first-order valence-corrected chi connectivity index (χ1v) is 2.99. The Morgan fingerprint density at radius 1 is 1.70 bits per heavy atom. The van der Waals surface area contributed by atoms with Crippen molar-refractivity contribution in [3.05, 3.63) is 30.9 Å². The van der Waals surface area contributed by atoms with Crippen LogP contribution in [-0.4, -0.2) is 15.5 Å². The van der Waals surface area contributed by atoms with E-state index in [-0.39, 0.29) is 5.91 Å². The Kier molecular flexibility index (Phi) is 1.99. The fraction of sp³-hybridized carbons (Fsp3) is 0.143. The number of imidazole rings is 1. The number of hydrogen-bond donors (Lipinski definition) is 0. The molecule has 0 unspecified atom stereocenters.